The molecule has 1 aromatic carbocycles. The number of aliphatic carboxylic acids is 1. The molecule has 1 heterocycles. The van der Waals surface area contributed by atoms with Crippen LogP contribution in [0.15, 0.2) is 18.2 Å². The number of carboxylic acid groups (broad SMARTS) is 1. The number of hydrogen-bond acceptors (Lipinski definition) is 1. The maximum absolute atomic E-state index is 13.4. The molecule has 1 aliphatic rings. The standard InChI is InChI=1S/C15H16FNO2/c16-10-5-6-14-12(9-10)11-3-1-2-4-13(11)17(14)8-7-15(18)19/h5-6,9H,1-4,7-8H2,(H,18,19). The minimum absolute atomic E-state index is 0.105. The Bertz CT molecular complexity index is 645. The summed E-state index contributed by atoms with van der Waals surface area (Å²) in [7, 11) is 0. The Morgan fingerprint density at radius 3 is 2.89 bits per heavy atom. The number of nitrogens with zero attached hydrogens (tertiary/aromatic N) is 1. The van der Waals surface area contributed by atoms with Gasteiger partial charge in [-0.15, -0.1) is 0 Å². The summed E-state index contributed by atoms with van der Waals surface area (Å²) in [6.07, 6.45) is 4.29. The largest absolute Gasteiger partial charge is 0.481 e. The molecule has 0 amide bonds. The summed E-state index contributed by atoms with van der Waals surface area (Å²) in [4.78, 5) is 10.8. The van der Waals surface area contributed by atoms with Crippen LogP contribution in [0.4, 0.5) is 4.39 Å². The molecular formula is C15H16FNO2. The highest BCUT2D eigenvalue weighted by Gasteiger charge is 2.20. The molecular weight excluding hydrogens is 245 g/mol. The quantitative estimate of drug-likeness (QED) is 0.922. The van der Waals surface area contributed by atoms with Crippen molar-refractivity contribution in [1.29, 1.82) is 0 Å². The van der Waals surface area contributed by atoms with E-state index in [1.807, 2.05) is 0 Å². The summed E-state index contributed by atoms with van der Waals surface area (Å²) in [5.74, 6) is -1.02. The molecule has 0 saturated carbocycles. The minimum Gasteiger partial charge on any atom is -0.481 e. The molecule has 100 valence electrons. The average molecular weight is 261 g/mol. The van der Waals surface area contributed by atoms with Gasteiger partial charge in [0.1, 0.15) is 5.82 Å². The zero-order chi connectivity index (χ0) is 13.4. The number of benzene rings is 1. The molecule has 19 heavy (non-hydrogen) atoms. The zero-order valence-electron chi connectivity index (χ0n) is 10.7. The van der Waals surface area contributed by atoms with Crippen molar-refractivity contribution in [3.8, 4) is 0 Å². The normalized spacial score (nSPS) is 14.6. The van der Waals surface area contributed by atoms with Crippen LogP contribution in [0.1, 0.15) is 30.5 Å². The fourth-order valence-corrected chi connectivity index (χ4v) is 3.07. The summed E-state index contributed by atoms with van der Waals surface area (Å²) in [5.41, 5.74) is 3.38. The molecule has 3 rings (SSSR count). The van der Waals surface area contributed by atoms with Gasteiger partial charge < -0.3 is 9.67 Å². The van der Waals surface area contributed by atoms with Crippen LogP contribution in [-0.2, 0) is 24.2 Å². The van der Waals surface area contributed by atoms with Gasteiger partial charge in [0, 0.05) is 23.1 Å². The Morgan fingerprint density at radius 1 is 1.32 bits per heavy atom. The number of rotatable bonds is 3. The van der Waals surface area contributed by atoms with Crippen LogP contribution in [0.5, 0.6) is 0 Å². The molecule has 3 nitrogen and oxygen atoms in total. The van der Waals surface area contributed by atoms with E-state index < -0.39 is 5.97 Å². The van der Waals surface area contributed by atoms with Crippen LogP contribution >= 0.6 is 0 Å². The van der Waals surface area contributed by atoms with E-state index in [1.54, 1.807) is 12.1 Å². The van der Waals surface area contributed by atoms with Crippen LogP contribution in [-0.4, -0.2) is 15.6 Å². The van der Waals surface area contributed by atoms with Crippen molar-refractivity contribution in [3.05, 3.63) is 35.3 Å². The smallest absolute Gasteiger partial charge is 0.305 e. The molecule has 0 fully saturated rings. The third-order valence-corrected chi connectivity index (χ3v) is 3.89. The van der Waals surface area contributed by atoms with Crippen molar-refractivity contribution >= 4 is 16.9 Å². The molecule has 4 heteroatoms. The van der Waals surface area contributed by atoms with E-state index in [4.69, 9.17) is 5.11 Å². The Kier molecular flexibility index (Phi) is 3.01. The summed E-state index contributed by atoms with van der Waals surface area (Å²) in [5, 5.41) is 9.82. The second kappa shape index (κ2) is 4.68. The van der Waals surface area contributed by atoms with Gasteiger partial charge in [-0.25, -0.2) is 4.39 Å². The summed E-state index contributed by atoms with van der Waals surface area (Å²) in [6.45, 7) is 0.465. The fraction of sp³-hybridized carbons (Fsp3) is 0.400. The molecule has 0 radical (unpaired) electrons. The van der Waals surface area contributed by atoms with E-state index in [-0.39, 0.29) is 12.2 Å². The number of hydrogen-bond donors (Lipinski definition) is 1. The Morgan fingerprint density at radius 2 is 2.11 bits per heavy atom. The van der Waals surface area contributed by atoms with E-state index in [0.717, 1.165) is 36.6 Å². The monoisotopic (exact) mass is 261 g/mol. The summed E-state index contributed by atoms with van der Waals surface area (Å²) >= 11 is 0. The van der Waals surface area contributed by atoms with Crippen molar-refractivity contribution < 1.29 is 14.3 Å². The van der Waals surface area contributed by atoms with E-state index >= 15 is 0 Å². The van der Waals surface area contributed by atoms with E-state index in [1.165, 1.54) is 17.3 Å². The highest BCUT2D eigenvalue weighted by atomic mass is 19.1. The lowest BCUT2D eigenvalue weighted by Gasteiger charge is -2.15. The maximum Gasteiger partial charge on any atom is 0.305 e. The molecule has 1 N–H and O–H groups in total. The van der Waals surface area contributed by atoms with Crippen LogP contribution in [0.3, 0.4) is 0 Å². The van der Waals surface area contributed by atoms with Crippen LogP contribution in [0, 0.1) is 5.82 Å². The van der Waals surface area contributed by atoms with Gasteiger partial charge in [0.15, 0.2) is 0 Å². The molecule has 0 aliphatic heterocycles. The Balaban J connectivity index is 2.15. The van der Waals surface area contributed by atoms with Gasteiger partial charge in [0.05, 0.1) is 6.42 Å². The predicted octanol–water partition coefficient (Wildman–Crippen LogP) is 3.13. The van der Waals surface area contributed by atoms with Crippen molar-refractivity contribution in [2.45, 2.75) is 38.6 Å². The molecule has 0 spiro atoms. The van der Waals surface area contributed by atoms with Crippen molar-refractivity contribution in [3.63, 3.8) is 0 Å². The average Bonchev–Trinajstić information content (AvgIpc) is 2.70. The Hall–Kier alpha value is -1.84. The topological polar surface area (TPSA) is 42.2 Å². The fourth-order valence-electron chi connectivity index (χ4n) is 3.07. The van der Waals surface area contributed by atoms with Gasteiger partial charge in [-0.1, -0.05) is 0 Å². The number of fused-ring (bicyclic) bond motifs is 3. The first-order valence-corrected chi connectivity index (χ1v) is 6.68. The molecule has 1 aliphatic carbocycles. The lowest BCUT2D eigenvalue weighted by atomic mass is 9.95. The third-order valence-electron chi connectivity index (χ3n) is 3.89. The number of halogens is 1. The molecule has 0 saturated heterocycles. The number of carbonyl (C=O) groups is 1. The molecule has 0 bridgehead atoms. The highest BCUT2D eigenvalue weighted by Crippen LogP contribution is 2.32. The molecule has 2 aromatic rings. The van der Waals surface area contributed by atoms with Crippen molar-refractivity contribution in [2.75, 3.05) is 0 Å². The SMILES string of the molecule is O=C(O)CCn1c2c(c3cc(F)ccc31)CCCC2. The van der Waals surface area contributed by atoms with Gasteiger partial charge in [0.2, 0.25) is 0 Å². The number of aryl methyl sites for hydroxylation is 2. The first-order chi connectivity index (χ1) is 9.16. The van der Waals surface area contributed by atoms with Gasteiger partial charge in [-0.3, -0.25) is 4.79 Å². The lowest BCUT2D eigenvalue weighted by Crippen LogP contribution is -2.10. The van der Waals surface area contributed by atoms with Crippen LogP contribution < -0.4 is 0 Å². The molecule has 0 atom stereocenters. The van der Waals surface area contributed by atoms with Gasteiger partial charge in [-0.05, 0) is 49.4 Å². The summed E-state index contributed by atoms with van der Waals surface area (Å²) < 4.78 is 15.5. The summed E-state index contributed by atoms with van der Waals surface area (Å²) in [6, 6.07) is 4.80. The second-order valence-corrected chi connectivity index (χ2v) is 5.09. The van der Waals surface area contributed by atoms with Crippen molar-refractivity contribution in [1.82, 2.24) is 4.57 Å². The third kappa shape index (κ3) is 2.11. The van der Waals surface area contributed by atoms with Gasteiger partial charge >= 0.3 is 5.97 Å². The lowest BCUT2D eigenvalue weighted by molar-refractivity contribution is -0.137. The van der Waals surface area contributed by atoms with Gasteiger partial charge in [0.25, 0.3) is 0 Å². The van der Waals surface area contributed by atoms with Crippen LogP contribution in [0.25, 0.3) is 10.9 Å². The number of carboxylic acids is 1. The van der Waals surface area contributed by atoms with E-state index in [0.29, 0.717) is 6.54 Å². The first kappa shape index (κ1) is 12.2. The Labute approximate surface area is 110 Å². The van der Waals surface area contributed by atoms with Gasteiger partial charge in [-0.2, -0.15) is 0 Å². The first-order valence-electron chi connectivity index (χ1n) is 6.68. The van der Waals surface area contributed by atoms with Crippen molar-refractivity contribution in [2.24, 2.45) is 0 Å². The van der Waals surface area contributed by atoms with E-state index in [9.17, 15) is 9.18 Å². The maximum atomic E-state index is 13.4. The van der Waals surface area contributed by atoms with E-state index in [2.05, 4.69) is 4.57 Å². The predicted molar refractivity (Wildman–Crippen MR) is 70.8 cm³/mol. The zero-order valence-corrected chi connectivity index (χ0v) is 10.7. The van der Waals surface area contributed by atoms with Crippen LogP contribution in [0.2, 0.25) is 0 Å². The molecule has 1 aromatic heterocycles. The highest BCUT2D eigenvalue weighted by molar-refractivity contribution is 5.86. The minimum atomic E-state index is -0.798. The molecule has 0 unspecified atom stereocenters. The second-order valence-electron chi connectivity index (χ2n) is 5.09. The number of aromatic nitrogens is 1.